The number of hydrogen-bond donors (Lipinski definition) is 0. The summed E-state index contributed by atoms with van der Waals surface area (Å²) in [4.78, 5) is 6.63. The zero-order chi connectivity index (χ0) is 14.1. The molecule has 2 rings (SSSR count). The van der Waals surface area contributed by atoms with Crippen LogP contribution in [-0.4, -0.2) is 32.9 Å². The van der Waals surface area contributed by atoms with Gasteiger partial charge in [0.15, 0.2) is 0 Å². The molecule has 0 spiro atoms. The van der Waals surface area contributed by atoms with Crippen molar-refractivity contribution in [2.45, 2.75) is 28.9 Å². The van der Waals surface area contributed by atoms with Crippen molar-refractivity contribution >= 4 is 45.8 Å². The number of halogens is 2. The van der Waals surface area contributed by atoms with Crippen molar-refractivity contribution in [1.29, 1.82) is 0 Å². The molecule has 0 N–H and O–H groups in total. The summed E-state index contributed by atoms with van der Waals surface area (Å²) < 4.78 is 5.62. The highest BCUT2D eigenvalue weighted by Gasteiger charge is 2.39. The van der Waals surface area contributed by atoms with Crippen LogP contribution in [0.25, 0.3) is 0 Å². The first-order valence-electron chi connectivity index (χ1n) is 6.46. The largest absolute Gasteiger partial charge is 0.361 e. The molecule has 1 aromatic rings. The smallest absolute Gasteiger partial charge is 0.135 e. The number of pyridine rings is 1. The second-order valence-corrected chi connectivity index (χ2v) is 15.5. The van der Waals surface area contributed by atoms with Crippen LogP contribution in [0.5, 0.6) is 0 Å². The molecule has 0 unspecified atom stereocenters. The first-order chi connectivity index (χ1) is 8.80. The molecule has 6 heteroatoms. The molecule has 0 amide bonds. The zero-order valence-corrected chi connectivity index (χ0v) is 15.8. The number of hydrogen-bond acceptors (Lipinski definition) is 3. The van der Waals surface area contributed by atoms with E-state index in [0.29, 0.717) is 6.73 Å². The minimum absolute atomic E-state index is 0.203. The van der Waals surface area contributed by atoms with E-state index in [9.17, 15) is 0 Å². The molecular weight excluding hydrogens is 388 g/mol. The molecule has 0 bridgehead atoms. The first kappa shape index (κ1) is 15.5. The predicted octanol–water partition coefficient (Wildman–Crippen LogP) is 4.16. The molecule has 1 aromatic heterocycles. The predicted molar refractivity (Wildman–Crippen MR) is 90.1 cm³/mol. The average molecular weight is 408 g/mol. The molecule has 1 aliphatic heterocycles. The fourth-order valence-corrected chi connectivity index (χ4v) is 3.98. The van der Waals surface area contributed by atoms with Gasteiger partial charge in [0, 0.05) is 26.4 Å². The highest BCUT2D eigenvalue weighted by atomic mass is 79.9. The zero-order valence-electron chi connectivity index (χ0n) is 11.6. The van der Waals surface area contributed by atoms with Gasteiger partial charge in [0.05, 0.1) is 6.54 Å². The van der Waals surface area contributed by atoms with Crippen LogP contribution in [0, 0.1) is 0 Å². The van der Waals surface area contributed by atoms with Gasteiger partial charge < -0.3 is 9.64 Å². The molecule has 0 saturated heterocycles. The quantitative estimate of drug-likeness (QED) is 0.416. The van der Waals surface area contributed by atoms with Gasteiger partial charge in [-0.25, -0.2) is 4.98 Å². The molecule has 0 fully saturated rings. The molecule has 19 heavy (non-hydrogen) atoms. The Morgan fingerprint density at radius 1 is 1.42 bits per heavy atom. The fraction of sp³-hybridized carbons (Fsp3) is 0.615. The van der Waals surface area contributed by atoms with E-state index in [0.717, 1.165) is 19.0 Å². The lowest BCUT2D eigenvalue weighted by Crippen LogP contribution is -2.29. The maximum absolute atomic E-state index is 5.82. The van der Waals surface area contributed by atoms with Crippen LogP contribution >= 0.6 is 31.9 Å². The number of aromatic nitrogens is 1. The summed E-state index contributed by atoms with van der Waals surface area (Å²) in [5, 5.41) is 0. The van der Waals surface area contributed by atoms with E-state index in [1.807, 2.05) is 12.3 Å². The number of fused-ring (bicyclic) bond motifs is 1. The van der Waals surface area contributed by atoms with Crippen molar-refractivity contribution in [3.05, 3.63) is 23.9 Å². The van der Waals surface area contributed by atoms with Crippen LogP contribution in [0.15, 0.2) is 18.3 Å². The molecule has 0 atom stereocenters. The van der Waals surface area contributed by atoms with Gasteiger partial charge in [-0.1, -0.05) is 57.6 Å². The molecule has 106 valence electrons. The van der Waals surface area contributed by atoms with Gasteiger partial charge in [-0.2, -0.15) is 0 Å². The number of ether oxygens (including phenoxy) is 1. The number of alkyl halides is 2. The number of anilines is 1. The van der Waals surface area contributed by atoms with Gasteiger partial charge in [0.1, 0.15) is 15.8 Å². The summed E-state index contributed by atoms with van der Waals surface area (Å²) in [6, 6.07) is 5.25. The monoisotopic (exact) mass is 406 g/mol. The third-order valence-electron chi connectivity index (χ3n) is 3.11. The number of nitrogens with zero attached hydrogens (tertiary/aromatic N) is 2. The minimum Gasteiger partial charge on any atom is -0.361 e. The van der Waals surface area contributed by atoms with Crippen LogP contribution < -0.4 is 4.90 Å². The molecular formula is C13H20Br2N2OSi. The maximum Gasteiger partial charge on any atom is 0.135 e. The summed E-state index contributed by atoms with van der Waals surface area (Å²) in [5.74, 6) is 1.00. The summed E-state index contributed by atoms with van der Waals surface area (Å²) >= 11 is 7.42. The summed E-state index contributed by atoms with van der Waals surface area (Å²) in [6.07, 6.45) is 1.83. The lowest BCUT2D eigenvalue weighted by Gasteiger charge is -2.21. The summed E-state index contributed by atoms with van der Waals surface area (Å²) in [5.41, 5.74) is 1.17. The molecule has 0 aliphatic carbocycles. The van der Waals surface area contributed by atoms with E-state index in [4.69, 9.17) is 4.74 Å². The van der Waals surface area contributed by atoms with Crippen LogP contribution in [0.3, 0.4) is 0 Å². The minimum atomic E-state index is -1.01. The molecule has 2 heterocycles. The third kappa shape index (κ3) is 4.03. The Kier molecular flexibility index (Phi) is 4.75. The van der Waals surface area contributed by atoms with Crippen molar-refractivity contribution in [2.24, 2.45) is 0 Å². The maximum atomic E-state index is 5.82. The molecule has 0 radical (unpaired) electrons. The van der Waals surface area contributed by atoms with E-state index in [-0.39, 0.29) is 3.23 Å². The van der Waals surface area contributed by atoms with Gasteiger partial charge >= 0.3 is 0 Å². The van der Waals surface area contributed by atoms with Crippen molar-refractivity contribution < 1.29 is 4.74 Å². The van der Waals surface area contributed by atoms with Gasteiger partial charge in [-0.3, -0.25) is 0 Å². The van der Waals surface area contributed by atoms with Crippen LogP contribution in [0.2, 0.25) is 25.7 Å². The molecule has 1 aliphatic rings. The Hall–Kier alpha value is 0.0869. The van der Waals surface area contributed by atoms with E-state index in [1.54, 1.807) is 0 Å². The van der Waals surface area contributed by atoms with Crippen LogP contribution in [0.4, 0.5) is 5.82 Å². The van der Waals surface area contributed by atoms with Crippen molar-refractivity contribution in [2.75, 3.05) is 24.8 Å². The first-order valence-corrected chi connectivity index (χ1v) is 11.7. The van der Waals surface area contributed by atoms with Crippen molar-refractivity contribution in [3.63, 3.8) is 0 Å². The Morgan fingerprint density at radius 3 is 2.84 bits per heavy atom. The Morgan fingerprint density at radius 2 is 2.16 bits per heavy atom. The highest BCUT2D eigenvalue weighted by Crippen LogP contribution is 2.48. The lowest BCUT2D eigenvalue weighted by atomic mass is 10.2. The van der Waals surface area contributed by atoms with Gasteiger partial charge in [-0.15, -0.1) is 0 Å². The Labute approximate surface area is 133 Å². The topological polar surface area (TPSA) is 25.4 Å². The second-order valence-electron chi connectivity index (χ2n) is 6.12. The van der Waals surface area contributed by atoms with Crippen molar-refractivity contribution in [3.8, 4) is 0 Å². The molecule has 3 nitrogen and oxygen atoms in total. The fourth-order valence-electron chi connectivity index (χ4n) is 1.99. The van der Waals surface area contributed by atoms with E-state index < -0.39 is 8.07 Å². The van der Waals surface area contributed by atoms with Gasteiger partial charge in [0.25, 0.3) is 0 Å². The van der Waals surface area contributed by atoms with Crippen LogP contribution in [0.1, 0.15) is 5.56 Å². The SMILES string of the molecule is C[Si](C)(C)CCOCN1CC(Br)(Br)c2cccnc21. The third-order valence-corrected chi connectivity index (χ3v) is 6.17. The van der Waals surface area contributed by atoms with E-state index >= 15 is 0 Å². The normalized spacial score (nSPS) is 17.6. The molecule has 0 saturated carbocycles. The lowest BCUT2D eigenvalue weighted by molar-refractivity contribution is 0.147. The van der Waals surface area contributed by atoms with Gasteiger partial charge in [-0.05, 0) is 12.1 Å². The standard InChI is InChI=1S/C13H20Br2N2OSi/c1-19(2,3)8-7-18-10-17-9-13(14,15)11-5-4-6-16-12(11)17/h4-6H,7-10H2,1-3H3. The summed E-state index contributed by atoms with van der Waals surface area (Å²) in [6.45, 7) is 9.37. The Bertz CT molecular complexity index is 449. The van der Waals surface area contributed by atoms with Crippen LogP contribution in [-0.2, 0) is 7.97 Å². The summed E-state index contributed by atoms with van der Waals surface area (Å²) in [7, 11) is -1.01. The highest BCUT2D eigenvalue weighted by molar-refractivity contribution is 9.24. The molecule has 0 aromatic carbocycles. The van der Waals surface area contributed by atoms with E-state index in [2.05, 4.69) is 67.5 Å². The average Bonchev–Trinajstić information content (AvgIpc) is 2.57. The second kappa shape index (κ2) is 5.83. The van der Waals surface area contributed by atoms with Crippen molar-refractivity contribution in [1.82, 2.24) is 4.98 Å². The Balaban J connectivity index is 1.93. The van der Waals surface area contributed by atoms with E-state index in [1.165, 1.54) is 11.6 Å². The number of rotatable bonds is 5. The van der Waals surface area contributed by atoms with Gasteiger partial charge in [0.2, 0.25) is 0 Å².